The number of carbonyl (C=O) groups is 1. The van der Waals surface area contributed by atoms with Gasteiger partial charge in [-0.1, -0.05) is 0 Å². The maximum absolute atomic E-state index is 10.9. The van der Waals surface area contributed by atoms with Crippen molar-refractivity contribution in [3.05, 3.63) is 0 Å². The predicted molar refractivity (Wildman–Crippen MR) is 63.9 cm³/mol. The van der Waals surface area contributed by atoms with Crippen molar-refractivity contribution in [3.63, 3.8) is 0 Å². The minimum absolute atomic E-state index is 0.322. The minimum atomic E-state index is -0.662. The van der Waals surface area contributed by atoms with Crippen molar-refractivity contribution in [3.8, 4) is 0 Å². The summed E-state index contributed by atoms with van der Waals surface area (Å²) in [6.45, 7) is 11.2. The predicted octanol–water partition coefficient (Wildman–Crippen LogP) is 1.89. The summed E-state index contributed by atoms with van der Waals surface area (Å²) in [5.41, 5.74) is 0.972. The second-order valence-corrected chi connectivity index (χ2v) is 5.60. The average molecular weight is 248 g/mol. The van der Waals surface area contributed by atoms with E-state index in [1.807, 2.05) is 40.0 Å². The Kier molecular flexibility index (Phi) is 5.87. The summed E-state index contributed by atoms with van der Waals surface area (Å²) in [7, 11) is 0. The van der Waals surface area contributed by atoms with Crippen LogP contribution in [0.3, 0.4) is 0 Å². The lowest BCUT2D eigenvalue weighted by Gasteiger charge is -2.30. The summed E-state index contributed by atoms with van der Waals surface area (Å²) >= 11 is 0. The summed E-state index contributed by atoms with van der Waals surface area (Å²) in [6.07, 6.45) is -0.488. The van der Waals surface area contributed by atoms with E-state index >= 15 is 0 Å². The van der Waals surface area contributed by atoms with Gasteiger partial charge in [-0.05, 0) is 41.5 Å². The Morgan fingerprint density at radius 1 is 1.24 bits per heavy atom. The fourth-order valence-electron chi connectivity index (χ4n) is 1.22. The molecule has 6 nitrogen and oxygen atoms in total. The van der Waals surface area contributed by atoms with E-state index in [2.05, 4.69) is 0 Å². The second kappa shape index (κ2) is 6.18. The van der Waals surface area contributed by atoms with Crippen LogP contribution in [0.1, 0.15) is 48.0 Å². The number of nitrogens with one attached hydrogen (secondary N) is 1. The molecule has 1 unspecified atom stereocenters. The number of rotatable bonds is 5. The van der Waals surface area contributed by atoms with Crippen LogP contribution in [0.2, 0.25) is 0 Å². The molecule has 0 fully saturated rings. The van der Waals surface area contributed by atoms with E-state index in [-0.39, 0.29) is 11.7 Å². The lowest BCUT2D eigenvalue weighted by atomic mass is 10.0. The van der Waals surface area contributed by atoms with Gasteiger partial charge in [0.1, 0.15) is 11.7 Å². The number of hydrazine groups is 1. The van der Waals surface area contributed by atoms with Gasteiger partial charge in [-0.25, -0.2) is 20.4 Å². The molecule has 102 valence electrons. The van der Waals surface area contributed by atoms with Crippen molar-refractivity contribution < 1.29 is 19.3 Å². The topological polar surface area (TPSA) is 82.8 Å². The van der Waals surface area contributed by atoms with Crippen molar-refractivity contribution in [2.75, 3.05) is 0 Å². The van der Waals surface area contributed by atoms with E-state index in [0.29, 0.717) is 6.42 Å². The van der Waals surface area contributed by atoms with Gasteiger partial charge in [-0.2, -0.15) is 0 Å². The van der Waals surface area contributed by atoms with Crippen molar-refractivity contribution in [1.82, 2.24) is 5.43 Å². The number of ether oxygens (including phenoxy) is 1. The van der Waals surface area contributed by atoms with Gasteiger partial charge in [0.25, 0.3) is 0 Å². The van der Waals surface area contributed by atoms with E-state index in [0.717, 1.165) is 0 Å². The standard InChI is InChI=1S/C11H24N2O4/c1-8(15-9(14)13-12)7-11(5,6)17-16-10(2,3)4/h8H,7,12H2,1-6H3,(H,13,14). The summed E-state index contributed by atoms with van der Waals surface area (Å²) in [6, 6.07) is 0. The fraction of sp³-hybridized carbons (Fsp3) is 0.909. The first-order valence-corrected chi connectivity index (χ1v) is 5.60. The molecule has 0 rings (SSSR count). The van der Waals surface area contributed by atoms with Crippen LogP contribution in [0, 0.1) is 0 Å². The number of nitrogens with two attached hydrogens (primary N) is 1. The largest absolute Gasteiger partial charge is 0.445 e. The fourth-order valence-corrected chi connectivity index (χ4v) is 1.22. The molecule has 0 aromatic carbocycles. The monoisotopic (exact) mass is 248 g/mol. The molecule has 0 heterocycles. The zero-order valence-corrected chi connectivity index (χ0v) is 11.5. The third-order valence-corrected chi connectivity index (χ3v) is 1.72. The molecule has 17 heavy (non-hydrogen) atoms. The van der Waals surface area contributed by atoms with Crippen molar-refractivity contribution in [1.29, 1.82) is 0 Å². The molecule has 0 bridgehead atoms. The van der Waals surface area contributed by atoms with E-state index in [1.54, 1.807) is 6.92 Å². The normalized spacial score (nSPS) is 14.3. The van der Waals surface area contributed by atoms with Crippen LogP contribution in [0.25, 0.3) is 0 Å². The Morgan fingerprint density at radius 3 is 2.18 bits per heavy atom. The number of hydrogen-bond donors (Lipinski definition) is 2. The van der Waals surface area contributed by atoms with Crippen LogP contribution in [-0.4, -0.2) is 23.4 Å². The van der Waals surface area contributed by atoms with Gasteiger partial charge in [-0.15, -0.1) is 0 Å². The Morgan fingerprint density at radius 2 is 1.76 bits per heavy atom. The van der Waals surface area contributed by atoms with E-state index in [9.17, 15) is 4.79 Å². The van der Waals surface area contributed by atoms with Gasteiger partial charge in [0, 0.05) is 6.42 Å². The Hall–Kier alpha value is -0.850. The molecule has 3 N–H and O–H groups in total. The van der Waals surface area contributed by atoms with Crippen molar-refractivity contribution in [2.24, 2.45) is 5.84 Å². The molecule has 6 heteroatoms. The highest BCUT2D eigenvalue weighted by Crippen LogP contribution is 2.22. The Bertz CT molecular complexity index is 248. The first kappa shape index (κ1) is 16.1. The van der Waals surface area contributed by atoms with Crippen molar-refractivity contribution >= 4 is 6.09 Å². The summed E-state index contributed by atoms with van der Waals surface area (Å²) in [5.74, 6) is 4.92. The molecule has 0 aliphatic heterocycles. The molecular weight excluding hydrogens is 224 g/mol. The van der Waals surface area contributed by atoms with Gasteiger partial charge >= 0.3 is 6.09 Å². The molecule has 0 aliphatic carbocycles. The van der Waals surface area contributed by atoms with Gasteiger partial charge in [0.15, 0.2) is 0 Å². The maximum atomic E-state index is 10.9. The minimum Gasteiger partial charge on any atom is -0.445 e. The van der Waals surface area contributed by atoms with Crippen LogP contribution in [-0.2, 0) is 14.5 Å². The molecule has 0 saturated heterocycles. The van der Waals surface area contributed by atoms with Gasteiger partial charge < -0.3 is 4.74 Å². The molecule has 0 aliphatic rings. The number of carbonyl (C=O) groups excluding carboxylic acids is 1. The van der Waals surface area contributed by atoms with Crippen LogP contribution in [0.4, 0.5) is 4.79 Å². The van der Waals surface area contributed by atoms with Crippen LogP contribution >= 0.6 is 0 Å². The van der Waals surface area contributed by atoms with Gasteiger partial charge in [0.05, 0.1) is 5.60 Å². The summed E-state index contributed by atoms with van der Waals surface area (Å²) < 4.78 is 4.96. The van der Waals surface area contributed by atoms with Crippen molar-refractivity contribution in [2.45, 2.75) is 65.3 Å². The maximum Gasteiger partial charge on any atom is 0.421 e. The smallest absolute Gasteiger partial charge is 0.421 e. The third-order valence-electron chi connectivity index (χ3n) is 1.72. The van der Waals surface area contributed by atoms with Gasteiger partial charge in [-0.3, -0.25) is 5.43 Å². The first-order chi connectivity index (χ1) is 7.56. The quantitative estimate of drug-likeness (QED) is 0.336. The molecule has 1 amide bonds. The van der Waals surface area contributed by atoms with E-state index in [1.165, 1.54) is 0 Å². The van der Waals surface area contributed by atoms with E-state index in [4.69, 9.17) is 20.4 Å². The lowest BCUT2D eigenvalue weighted by molar-refractivity contribution is -0.399. The van der Waals surface area contributed by atoms with Gasteiger partial charge in [0.2, 0.25) is 0 Å². The molecule has 1 atom stereocenters. The Balaban J connectivity index is 4.11. The number of hydrogen-bond acceptors (Lipinski definition) is 5. The van der Waals surface area contributed by atoms with Crippen LogP contribution in [0.5, 0.6) is 0 Å². The molecule has 0 radical (unpaired) electrons. The highest BCUT2D eigenvalue weighted by atomic mass is 17.2. The number of amides is 1. The lowest BCUT2D eigenvalue weighted by Crippen LogP contribution is -2.37. The Labute approximate surface area is 103 Å². The van der Waals surface area contributed by atoms with Crippen LogP contribution < -0.4 is 11.3 Å². The molecule has 0 spiro atoms. The summed E-state index contributed by atoms with van der Waals surface area (Å²) in [4.78, 5) is 21.5. The first-order valence-electron chi connectivity index (χ1n) is 5.60. The highest BCUT2D eigenvalue weighted by molar-refractivity contribution is 5.66. The zero-order valence-electron chi connectivity index (χ0n) is 11.5. The SMILES string of the molecule is CC(CC(C)(C)OOC(C)(C)C)OC(=O)NN. The highest BCUT2D eigenvalue weighted by Gasteiger charge is 2.27. The molecular formula is C11H24N2O4. The molecule has 0 aromatic heterocycles. The zero-order chi connectivity index (χ0) is 13.7. The summed E-state index contributed by atoms with van der Waals surface area (Å²) in [5, 5.41) is 0. The van der Waals surface area contributed by atoms with E-state index < -0.39 is 11.7 Å². The average Bonchev–Trinajstić information content (AvgIpc) is 2.12. The third kappa shape index (κ3) is 8.91. The van der Waals surface area contributed by atoms with Crippen LogP contribution in [0.15, 0.2) is 0 Å². The molecule has 0 saturated carbocycles. The second-order valence-electron chi connectivity index (χ2n) is 5.60. The molecule has 0 aromatic rings.